The van der Waals surface area contributed by atoms with Gasteiger partial charge in [-0.1, -0.05) is 22.0 Å². The van der Waals surface area contributed by atoms with E-state index in [1.807, 2.05) is 31.2 Å². The number of esters is 1. The molecule has 0 atom stereocenters. The van der Waals surface area contributed by atoms with Gasteiger partial charge in [-0.05, 0) is 55.0 Å². The van der Waals surface area contributed by atoms with Crippen LogP contribution in [0.4, 0.5) is 0 Å². The smallest absolute Gasteiger partial charge is 0.336 e. The Morgan fingerprint density at radius 2 is 1.87 bits per heavy atom. The van der Waals surface area contributed by atoms with Crippen LogP contribution >= 0.6 is 15.9 Å². The molecule has 120 valence electrons. The Morgan fingerprint density at radius 1 is 1.13 bits per heavy atom. The van der Waals surface area contributed by atoms with E-state index in [0.717, 1.165) is 10.0 Å². The van der Waals surface area contributed by atoms with E-state index >= 15 is 0 Å². The van der Waals surface area contributed by atoms with Crippen LogP contribution in [0.25, 0.3) is 6.08 Å². The maximum atomic E-state index is 11.8. The van der Waals surface area contributed by atoms with Gasteiger partial charge in [-0.15, -0.1) is 0 Å². The number of hydrogen-bond acceptors (Lipinski definition) is 4. The van der Waals surface area contributed by atoms with Gasteiger partial charge in [0.2, 0.25) is 0 Å². The van der Waals surface area contributed by atoms with E-state index in [4.69, 9.17) is 14.2 Å². The molecule has 0 unspecified atom stereocenters. The van der Waals surface area contributed by atoms with Crippen LogP contribution in [0, 0.1) is 0 Å². The average molecular weight is 377 g/mol. The Morgan fingerprint density at radius 3 is 2.52 bits per heavy atom. The van der Waals surface area contributed by atoms with Crippen molar-refractivity contribution in [2.24, 2.45) is 0 Å². The molecule has 0 aliphatic heterocycles. The molecule has 0 amide bonds. The lowest BCUT2D eigenvalue weighted by atomic mass is 10.2. The van der Waals surface area contributed by atoms with Gasteiger partial charge in [0.25, 0.3) is 0 Å². The summed E-state index contributed by atoms with van der Waals surface area (Å²) < 4.78 is 16.9. The molecule has 0 radical (unpaired) electrons. The number of benzene rings is 2. The summed E-state index contributed by atoms with van der Waals surface area (Å²) in [6.07, 6.45) is 3.04. The summed E-state index contributed by atoms with van der Waals surface area (Å²) in [4.78, 5) is 11.8. The first-order valence-electron chi connectivity index (χ1n) is 7.08. The molecule has 2 rings (SSSR count). The zero-order chi connectivity index (χ0) is 16.7. The summed E-state index contributed by atoms with van der Waals surface area (Å²) in [6, 6.07) is 12.5. The molecule has 0 aliphatic rings. The maximum absolute atomic E-state index is 11.8. The van der Waals surface area contributed by atoms with Crippen molar-refractivity contribution in [3.05, 3.63) is 58.6 Å². The molecule has 0 saturated carbocycles. The summed E-state index contributed by atoms with van der Waals surface area (Å²) >= 11 is 3.33. The van der Waals surface area contributed by atoms with Crippen molar-refractivity contribution in [3.63, 3.8) is 0 Å². The molecule has 2 aromatic carbocycles. The minimum absolute atomic E-state index is 0.444. The number of hydrogen-bond donors (Lipinski definition) is 0. The van der Waals surface area contributed by atoms with Gasteiger partial charge in [0.1, 0.15) is 5.75 Å². The first-order valence-corrected chi connectivity index (χ1v) is 7.88. The highest BCUT2D eigenvalue weighted by molar-refractivity contribution is 9.10. The molecule has 0 saturated heterocycles. The van der Waals surface area contributed by atoms with Gasteiger partial charge in [0.15, 0.2) is 11.5 Å². The SMILES string of the molecule is CCOc1ccc(/C=C/C(=O)Oc2ccc(Br)cc2)cc1OC. The Hall–Kier alpha value is -2.27. The first-order chi connectivity index (χ1) is 11.1. The van der Waals surface area contributed by atoms with Gasteiger partial charge in [-0.3, -0.25) is 0 Å². The highest BCUT2D eigenvalue weighted by Crippen LogP contribution is 2.28. The van der Waals surface area contributed by atoms with Crippen molar-refractivity contribution >= 4 is 28.0 Å². The normalized spacial score (nSPS) is 10.6. The van der Waals surface area contributed by atoms with Gasteiger partial charge in [-0.2, -0.15) is 0 Å². The van der Waals surface area contributed by atoms with Crippen LogP contribution in [0.15, 0.2) is 53.0 Å². The van der Waals surface area contributed by atoms with E-state index in [9.17, 15) is 4.79 Å². The van der Waals surface area contributed by atoms with Crippen LogP contribution in [-0.4, -0.2) is 19.7 Å². The Bertz CT molecular complexity index is 693. The molecule has 0 bridgehead atoms. The Kier molecular flexibility index (Phi) is 6.23. The zero-order valence-corrected chi connectivity index (χ0v) is 14.5. The summed E-state index contributed by atoms with van der Waals surface area (Å²) in [7, 11) is 1.58. The van der Waals surface area contributed by atoms with Gasteiger partial charge < -0.3 is 14.2 Å². The molecule has 0 fully saturated rings. The molecule has 0 aromatic heterocycles. The predicted octanol–water partition coefficient (Wildman–Crippen LogP) is 4.48. The molecule has 0 spiro atoms. The lowest BCUT2D eigenvalue weighted by Gasteiger charge is -2.09. The van der Waals surface area contributed by atoms with E-state index < -0.39 is 5.97 Å². The fourth-order valence-electron chi connectivity index (χ4n) is 1.88. The molecule has 0 heterocycles. The quantitative estimate of drug-likeness (QED) is 0.423. The van der Waals surface area contributed by atoms with Crippen LogP contribution < -0.4 is 14.2 Å². The third-order valence-corrected chi connectivity index (χ3v) is 3.46. The van der Waals surface area contributed by atoms with Crippen molar-refractivity contribution in [3.8, 4) is 17.2 Å². The lowest BCUT2D eigenvalue weighted by molar-refractivity contribution is -0.128. The second-order valence-corrected chi connectivity index (χ2v) is 5.47. The van der Waals surface area contributed by atoms with Crippen LogP contribution in [0.5, 0.6) is 17.2 Å². The third-order valence-electron chi connectivity index (χ3n) is 2.93. The lowest BCUT2D eigenvalue weighted by Crippen LogP contribution is -2.03. The molecular formula is C18H17BrO4. The van der Waals surface area contributed by atoms with E-state index in [-0.39, 0.29) is 0 Å². The summed E-state index contributed by atoms with van der Waals surface area (Å²) in [5, 5.41) is 0. The van der Waals surface area contributed by atoms with Gasteiger partial charge in [-0.25, -0.2) is 4.79 Å². The first kappa shape index (κ1) is 17.1. The number of carbonyl (C=O) groups is 1. The number of rotatable bonds is 6. The van der Waals surface area contributed by atoms with Crippen LogP contribution in [0.3, 0.4) is 0 Å². The molecule has 0 N–H and O–H groups in total. The molecule has 23 heavy (non-hydrogen) atoms. The molecule has 5 heteroatoms. The van der Waals surface area contributed by atoms with Gasteiger partial charge in [0.05, 0.1) is 13.7 Å². The van der Waals surface area contributed by atoms with Crippen molar-refractivity contribution in [2.75, 3.05) is 13.7 Å². The van der Waals surface area contributed by atoms with Crippen LogP contribution in [0.1, 0.15) is 12.5 Å². The maximum Gasteiger partial charge on any atom is 0.336 e. The van der Waals surface area contributed by atoms with Crippen molar-refractivity contribution in [1.29, 1.82) is 0 Å². The summed E-state index contributed by atoms with van der Waals surface area (Å²) in [6.45, 7) is 2.47. The standard InChI is InChI=1S/C18H17BrO4/c1-3-22-16-10-4-13(12-17(16)21-2)5-11-18(20)23-15-8-6-14(19)7-9-15/h4-12H,3H2,1-2H3/b11-5+. The highest BCUT2D eigenvalue weighted by atomic mass is 79.9. The zero-order valence-electron chi connectivity index (χ0n) is 12.9. The second-order valence-electron chi connectivity index (χ2n) is 4.55. The largest absolute Gasteiger partial charge is 0.493 e. The fraction of sp³-hybridized carbons (Fsp3) is 0.167. The number of methoxy groups -OCH3 is 1. The van der Waals surface area contributed by atoms with E-state index in [0.29, 0.717) is 23.9 Å². The fourth-order valence-corrected chi connectivity index (χ4v) is 2.14. The van der Waals surface area contributed by atoms with Crippen molar-refractivity contribution < 1.29 is 19.0 Å². The second kappa shape index (κ2) is 8.39. The van der Waals surface area contributed by atoms with E-state index in [1.54, 1.807) is 31.4 Å². The van der Waals surface area contributed by atoms with Gasteiger partial charge >= 0.3 is 5.97 Å². The Labute approximate surface area is 143 Å². The number of ether oxygens (including phenoxy) is 3. The minimum Gasteiger partial charge on any atom is -0.493 e. The van der Waals surface area contributed by atoms with Gasteiger partial charge in [0, 0.05) is 10.5 Å². The molecular weight excluding hydrogens is 360 g/mol. The third kappa shape index (κ3) is 5.14. The Balaban J connectivity index is 2.04. The van der Waals surface area contributed by atoms with E-state index in [2.05, 4.69) is 15.9 Å². The topological polar surface area (TPSA) is 44.8 Å². The van der Waals surface area contributed by atoms with Crippen molar-refractivity contribution in [1.82, 2.24) is 0 Å². The number of carbonyl (C=O) groups excluding carboxylic acids is 1. The summed E-state index contributed by atoms with van der Waals surface area (Å²) in [5.41, 5.74) is 0.818. The predicted molar refractivity (Wildman–Crippen MR) is 93.0 cm³/mol. The monoisotopic (exact) mass is 376 g/mol. The average Bonchev–Trinajstić information content (AvgIpc) is 2.56. The number of halogens is 1. The minimum atomic E-state index is -0.444. The highest BCUT2D eigenvalue weighted by Gasteiger charge is 2.05. The van der Waals surface area contributed by atoms with Crippen molar-refractivity contribution in [2.45, 2.75) is 6.92 Å². The van der Waals surface area contributed by atoms with E-state index in [1.165, 1.54) is 6.08 Å². The molecule has 4 nitrogen and oxygen atoms in total. The summed E-state index contributed by atoms with van der Waals surface area (Å²) in [5.74, 6) is 1.34. The molecule has 0 aliphatic carbocycles. The van der Waals surface area contributed by atoms with Crippen LogP contribution in [0.2, 0.25) is 0 Å². The van der Waals surface area contributed by atoms with Crippen LogP contribution in [-0.2, 0) is 4.79 Å². The molecule has 2 aromatic rings.